The molecule has 0 heterocycles. The third-order valence-electron chi connectivity index (χ3n) is 1.38. The standard InChI is InChI=1S/C8H20NO/c1-5-6-8(10)7-9(2,3)4/h8,10H,5-7H2,1-4H3/q+1. The summed E-state index contributed by atoms with van der Waals surface area (Å²) < 4.78 is 0.848. The molecule has 0 aromatic heterocycles. The molecule has 0 fully saturated rings. The third kappa shape index (κ3) is 6.05. The highest BCUT2D eigenvalue weighted by molar-refractivity contribution is 4.50. The van der Waals surface area contributed by atoms with Crippen LogP contribution in [0.5, 0.6) is 0 Å². The first kappa shape index (κ1) is 9.92. The average molecular weight is 146 g/mol. The first-order valence-corrected chi connectivity index (χ1v) is 3.94. The van der Waals surface area contributed by atoms with E-state index in [4.69, 9.17) is 0 Å². The van der Waals surface area contributed by atoms with Gasteiger partial charge in [0, 0.05) is 0 Å². The Kier molecular flexibility index (Phi) is 3.91. The fraction of sp³-hybridized carbons (Fsp3) is 1.00. The lowest BCUT2D eigenvalue weighted by molar-refractivity contribution is -0.873. The van der Waals surface area contributed by atoms with E-state index >= 15 is 0 Å². The molecule has 62 valence electrons. The van der Waals surface area contributed by atoms with Crippen molar-refractivity contribution in [3.8, 4) is 0 Å². The lowest BCUT2D eigenvalue weighted by atomic mass is 10.2. The SMILES string of the molecule is CCCC(O)C[N+](C)(C)C. The van der Waals surface area contributed by atoms with Gasteiger partial charge in [-0.1, -0.05) is 13.3 Å². The Labute approximate surface area is 64.1 Å². The first-order valence-electron chi connectivity index (χ1n) is 3.94. The molecule has 0 aromatic carbocycles. The zero-order valence-electron chi connectivity index (χ0n) is 7.59. The van der Waals surface area contributed by atoms with E-state index in [2.05, 4.69) is 28.1 Å². The molecular formula is C8H20NO+. The minimum Gasteiger partial charge on any atom is -0.387 e. The number of hydrogen-bond donors (Lipinski definition) is 1. The van der Waals surface area contributed by atoms with E-state index in [1.807, 2.05) is 0 Å². The van der Waals surface area contributed by atoms with Crippen molar-refractivity contribution in [2.24, 2.45) is 0 Å². The molecule has 0 saturated carbocycles. The van der Waals surface area contributed by atoms with E-state index in [9.17, 15) is 5.11 Å². The van der Waals surface area contributed by atoms with Crippen molar-refractivity contribution < 1.29 is 9.59 Å². The number of rotatable bonds is 4. The van der Waals surface area contributed by atoms with Gasteiger partial charge in [-0.15, -0.1) is 0 Å². The van der Waals surface area contributed by atoms with E-state index in [-0.39, 0.29) is 6.10 Å². The molecule has 1 N–H and O–H groups in total. The molecule has 2 nitrogen and oxygen atoms in total. The minimum absolute atomic E-state index is 0.120. The number of aliphatic hydroxyl groups is 1. The predicted octanol–water partition coefficient (Wildman–Crippen LogP) is 0.854. The second-order valence-corrected chi connectivity index (χ2v) is 3.92. The van der Waals surface area contributed by atoms with Crippen molar-refractivity contribution in [1.29, 1.82) is 0 Å². The summed E-state index contributed by atoms with van der Waals surface area (Å²) in [7, 11) is 6.29. The summed E-state index contributed by atoms with van der Waals surface area (Å²) in [6.07, 6.45) is 1.88. The summed E-state index contributed by atoms with van der Waals surface area (Å²) in [5.41, 5.74) is 0. The van der Waals surface area contributed by atoms with Crippen LogP contribution in [0, 0.1) is 0 Å². The molecule has 10 heavy (non-hydrogen) atoms. The first-order chi connectivity index (χ1) is 4.45. The van der Waals surface area contributed by atoms with Gasteiger partial charge in [0.25, 0.3) is 0 Å². The molecule has 0 bridgehead atoms. The Morgan fingerprint density at radius 2 is 1.80 bits per heavy atom. The van der Waals surface area contributed by atoms with Gasteiger partial charge in [-0.25, -0.2) is 0 Å². The van der Waals surface area contributed by atoms with Gasteiger partial charge in [-0.05, 0) is 6.42 Å². The third-order valence-corrected chi connectivity index (χ3v) is 1.38. The topological polar surface area (TPSA) is 20.2 Å². The molecule has 0 saturated heterocycles. The molecule has 0 radical (unpaired) electrons. The Balaban J connectivity index is 3.47. The van der Waals surface area contributed by atoms with Crippen LogP contribution in [0.15, 0.2) is 0 Å². The molecule has 0 aliphatic heterocycles. The average Bonchev–Trinajstić information content (AvgIpc) is 1.59. The van der Waals surface area contributed by atoms with Gasteiger partial charge in [-0.2, -0.15) is 0 Å². The summed E-state index contributed by atoms with van der Waals surface area (Å²) in [6, 6.07) is 0. The number of nitrogens with zero attached hydrogens (tertiary/aromatic N) is 1. The van der Waals surface area contributed by atoms with Crippen molar-refractivity contribution >= 4 is 0 Å². The van der Waals surface area contributed by atoms with E-state index in [0.717, 1.165) is 23.9 Å². The predicted molar refractivity (Wildman–Crippen MR) is 43.8 cm³/mol. The number of aliphatic hydroxyl groups excluding tert-OH is 1. The number of likely N-dealkylation sites (N-methyl/N-ethyl adjacent to an activating group) is 1. The molecular weight excluding hydrogens is 126 g/mol. The van der Waals surface area contributed by atoms with Crippen molar-refractivity contribution in [1.82, 2.24) is 0 Å². The van der Waals surface area contributed by atoms with Gasteiger partial charge in [0.15, 0.2) is 0 Å². The maximum absolute atomic E-state index is 9.37. The van der Waals surface area contributed by atoms with Gasteiger partial charge in [0.1, 0.15) is 12.6 Å². The van der Waals surface area contributed by atoms with Crippen LogP contribution in [-0.4, -0.2) is 43.4 Å². The van der Waals surface area contributed by atoms with Crippen LogP contribution in [0.4, 0.5) is 0 Å². The molecule has 0 aliphatic rings. The number of hydrogen-bond acceptors (Lipinski definition) is 1. The van der Waals surface area contributed by atoms with Crippen LogP contribution in [-0.2, 0) is 0 Å². The Morgan fingerprint density at radius 3 is 2.10 bits per heavy atom. The zero-order chi connectivity index (χ0) is 8.20. The monoisotopic (exact) mass is 146 g/mol. The van der Waals surface area contributed by atoms with Crippen molar-refractivity contribution in [2.75, 3.05) is 27.7 Å². The van der Waals surface area contributed by atoms with Crippen molar-refractivity contribution in [3.63, 3.8) is 0 Å². The summed E-state index contributed by atoms with van der Waals surface area (Å²) >= 11 is 0. The normalized spacial score (nSPS) is 15.3. The molecule has 0 spiro atoms. The van der Waals surface area contributed by atoms with Gasteiger partial charge >= 0.3 is 0 Å². The fourth-order valence-corrected chi connectivity index (χ4v) is 1.06. The summed E-state index contributed by atoms with van der Waals surface area (Å²) in [6.45, 7) is 2.95. The van der Waals surface area contributed by atoms with Crippen LogP contribution in [0.1, 0.15) is 19.8 Å². The van der Waals surface area contributed by atoms with Gasteiger partial charge < -0.3 is 9.59 Å². The van der Waals surface area contributed by atoms with Gasteiger partial charge in [0.05, 0.1) is 21.1 Å². The highest BCUT2D eigenvalue weighted by atomic mass is 16.3. The Bertz CT molecular complexity index is 85.7. The Morgan fingerprint density at radius 1 is 1.30 bits per heavy atom. The second-order valence-electron chi connectivity index (χ2n) is 3.92. The molecule has 1 unspecified atom stereocenters. The van der Waals surface area contributed by atoms with E-state index < -0.39 is 0 Å². The highest BCUT2D eigenvalue weighted by Crippen LogP contribution is 2.00. The molecule has 0 aromatic rings. The van der Waals surface area contributed by atoms with Gasteiger partial charge in [-0.3, -0.25) is 0 Å². The minimum atomic E-state index is -0.120. The summed E-state index contributed by atoms with van der Waals surface area (Å²) in [4.78, 5) is 0. The fourth-order valence-electron chi connectivity index (χ4n) is 1.06. The summed E-state index contributed by atoms with van der Waals surface area (Å²) in [5.74, 6) is 0. The van der Waals surface area contributed by atoms with Crippen LogP contribution in [0.3, 0.4) is 0 Å². The maximum Gasteiger partial charge on any atom is 0.104 e. The largest absolute Gasteiger partial charge is 0.387 e. The highest BCUT2D eigenvalue weighted by Gasteiger charge is 2.13. The lowest BCUT2D eigenvalue weighted by Gasteiger charge is -2.26. The lowest BCUT2D eigenvalue weighted by Crippen LogP contribution is -2.41. The van der Waals surface area contributed by atoms with Crippen LogP contribution < -0.4 is 0 Å². The van der Waals surface area contributed by atoms with Crippen molar-refractivity contribution in [2.45, 2.75) is 25.9 Å². The van der Waals surface area contributed by atoms with E-state index in [1.165, 1.54) is 0 Å². The van der Waals surface area contributed by atoms with E-state index in [0.29, 0.717) is 0 Å². The van der Waals surface area contributed by atoms with Crippen LogP contribution in [0.2, 0.25) is 0 Å². The molecule has 0 amide bonds. The van der Waals surface area contributed by atoms with Crippen LogP contribution >= 0.6 is 0 Å². The zero-order valence-corrected chi connectivity index (χ0v) is 7.59. The molecule has 0 aliphatic carbocycles. The number of quaternary nitrogens is 1. The molecule has 1 atom stereocenters. The second kappa shape index (κ2) is 3.94. The quantitative estimate of drug-likeness (QED) is 0.583. The maximum atomic E-state index is 9.37. The molecule has 0 rings (SSSR count). The summed E-state index contributed by atoms with van der Waals surface area (Å²) in [5, 5.41) is 9.37. The van der Waals surface area contributed by atoms with E-state index in [1.54, 1.807) is 0 Å². The smallest absolute Gasteiger partial charge is 0.104 e. The Hall–Kier alpha value is -0.0800. The van der Waals surface area contributed by atoms with Crippen molar-refractivity contribution in [3.05, 3.63) is 0 Å². The van der Waals surface area contributed by atoms with Crippen LogP contribution in [0.25, 0.3) is 0 Å². The molecule has 2 heteroatoms. The van der Waals surface area contributed by atoms with Gasteiger partial charge in [0.2, 0.25) is 0 Å².